The van der Waals surface area contributed by atoms with E-state index >= 15 is 0 Å². The maximum atomic E-state index is 13.5. The predicted octanol–water partition coefficient (Wildman–Crippen LogP) is 2.75. The molecule has 4 heterocycles. The van der Waals surface area contributed by atoms with Gasteiger partial charge in [0, 0.05) is 49.6 Å². The molecular formula is C26H32N8O3. The third-order valence-electron chi connectivity index (χ3n) is 6.34. The number of aryl methyl sites for hydroxylation is 2. The number of benzene rings is 1. The van der Waals surface area contributed by atoms with Gasteiger partial charge in [-0.3, -0.25) is 4.79 Å². The predicted molar refractivity (Wildman–Crippen MR) is 142 cm³/mol. The second-order valence-corrected chi connectivity index (χ2v) is 9.58. The number of rotatable bonds is 7. The van der Waals surface area contributed by atoms with E-state index in [1.165, 1.54) is 0 Å². The molecule has 194 valence electrons. The van der Waals surface area contributed by atoms with Crippen molar-refractivity contribution in [3.05, 3.63) is 47.4 Å². The lowest BCUT2D eigenvalue weighted by molar-refractivity contribution is 0.102. The van der Waals surface area contributed by atoms with Crippen molar-refractivity contribution >= 4 is 34.0 Å². The summed E-state index contributed by atoms with van der Waals surface area (Å²) in [5.41, 5.74) is 4.45. The van der Waals surface area contributed by atoms with Gasteiger partial charge in [0.25, 0.3) is 5.91 Å². The van der Waals surface area contributed by atoms with Crippen LogP contribution in [-0.4, -0.2) is 76.0 Å². The SMILES string of the molecule is COCCOc1ncc2c(N3CC(C)NC(C)C3)ccc(C(=O)Nc3cc(C)c4nc(C)cn4n3)c2n1. The molecule has 1 aliphatic rings. The molecule has 4 aromatic rings. The normalized spacial score (nSPS) is 17.9. The molecule has 1 amide bonds. The number of carbonyl (C=O) groups is 1. The van der Waals surface area contributed by atoms with Gasteiger partial charge in [0.2, 0.25) is 0 Å². The molecule has 0 spiro atoms. The average molecular weight is 505 g/mol. The smallest absolute Gasteiger partial charge is 0.317 e. The molecule has 2 unspecified atom stereocenters. The van der Waals surface area contributed by atoms with E-state index in [0.29, 0.717) is 42.2 Å². The number of nitrogens with zero attached hydrogens (tertiary/aromatic N) is 6. The lowest BCUT2D eigenvalue weighted by atomic mass is 10.0. The zero-order chi connectivity index (χ0) is 26.1. The Balaban J connectivity index is 1.53. The summed E-state index contributed by atoms with van der Waals surface area (Å²) in [6.45, 7) is 10.6. The summed E-state index contributed by atoms with van der Waals surface area (Å²) >= 11 is 0. The number of hydrogen-bond acceptors (Lipinski definition) is 9. The molecule has 37 heavy (non-hydrogen) atoms. The highest BCUT2D eigenvalue weighted by Crippen LogP contribution is 2.31. The number of fused-ring (bicyclic) bond motifs is 2. The number of imidazole rings is 1. The van der Waals surface area contributed by atoms with Gasteiger partial charge in [-0.2, -0.15) is 4.98 Å². The monoisotopic (exact) mass is 504 g/mol. The molecule has 5 rings (SSSR count). The van der Waals surface area contributed by atoms with Gasteiger partial charge < -0.3 is 25.0 Å². The van der Waals surface area contributed by atoms with Gasteiger partial charge in [0.15, 0.2) is 11.5 Å². The van der Waals surface area contributed by atoms with E-state index in [1.807, 2.05) is 38.2 Å². The Morgan fingerprint density at radius 1 is 1.16 bits per heavy atom. The summed E-state index contributed by atoms with van der Waals surface area (Å²) in [5.74, 6) is 0.114. The lowest BCUT2D eigenvalue weighted by Gasteiger charge is -2.38. The zero-order valence-electron chi connectivity index (χ0n) is 21.8. The van der Waals surface area contributed by atoms with E-state index in [0.717, 1.165) is 41.1 Å². The van der Waals surface area contributed by atoms with Crippen LogP contribution in [0.25, 0.3) is 16.6 Å². The number of piperazine rings is 1. The van der Waals surface area contributed by atoms with Crippen LogP contribution in [0.4, 0.5) is 11.5 Å². The molecule has 1 aliphatic heterocycles. The van der Waals surface area contributed by atoms with Crippen molar-refractivity contribution in [2.24, 2.45) is 0 Å². The summed E-state index contributed by atoms with van der Waals surface area (Å²) in [4.78, 5) is 29.4. The minimum absolute atomic E-state index is 0.196. The molecule has 0 radical (unpaired) electrons. The summed E-state index contributed by atoms with van der Waals surface area (Å²) in [6, 6.07) is 6.45. The van der Waals surface area contributed by atoms with Crippen LogP contribution in [0.1, 0.15) is 35.5 Å². The summed E-state index contributed by atoms with van der Waals surface area (Å²) < 4.78 is 12.4. The van der Waals surface area contributed by atoms with E-state index in [9.17, 15) is 4.79 Å². The molecule has 11 heteroatoms. The minimum atomic E-state index is -0.316. The average Bonchev–Trinajstić information content (AvgIpc) is 3.23. The Morgan fingerprint density at radius 3 is 2.70 bits per heavy atom. The fourth-order valence-corrected chi connectivity index (χ4v) is 4.85. The maximum Gasteiger partial charge on any atom is 0.317 e. The van der Waals surface area contributed by atoms with Crippen LogP contribution in [-0.2, 0) is 4.74 Å². The molecule has 1 saturated heterocycles. The minimum Gasteiger partial charge on any atom is -0.461 e. The molecule has 11 nitrogen and oxygen atoms in total. The van der Waals surface area contributed by atoms with Gasteiger partial charge in [0.05, 0.1) is 29.6 Å². The van der Waals surface area contributed by atoms with Crippen molar-refractivity contribution in [1.82, 2.24) is 29.9 Å². The lowest BCUT2D eigenvalue weighted by Crippen LogP contribution is -2.54. The molecule has 3 aromatic heterocycles. The van der Waals surface area contributed by atoms with Crippen molar-refractivity contribution in [3.8, 4) is 6.01 Å². The van der Waals surface area contributed by atoms with Gasteiger partial charge in [-0.15, -0.1) is 5.10 Å². The molecule has 2 N–H and O–H groups in total. The first-order valence-electron chi connectivity index (χ1n) is 12.4. The zero-order valence-corrected chi connectivity index (χ0v) is 21.8. The summed E-state index contributed by atoms with van der Waals surface area (Å²) in [5, 5.41) is 11.8. The molecular weight excluding hydrogens is 472 g/mol. The molecule has 0 saturated carbocycles. The number of ether oxygens (including phenoxy) is 2. The van der Waals surface area contributed by atoms with Crippen LogP contribution in [0, 0.1) is 13.8 Å². The van der Waals surface area contributed by atoms with Gasteiger partial charge >= 0.3 is 6.01 Å². The Kier molecular flexibility index (Phi) is 6.90. The van der Waals surface area contributed by atoms with E-state index < -0.39 is 0 Å². The van der Waals surface area contributed by atoms with E-state index in [1.54, 1.807) is 17.8 Å². The third kappa shape index (κ3) is 5.18. The summed E-state index contributed by atoms with van der Waals surface area (Å²) in [7, 11) is 1.60. The van der Waals surface area contributed by atoms with Crippen molar-refractivity contribution in [1.29, 1.82) is 0 Å². The first kappa shape index (κ1) is 24.8. The summed E-state index contributed by atoms with van der Waals surface area (Å²) in [6.07, 6.45) is 3.56. The van der Waals surface area contributed by atoms with Crippen molar-refractivity contribution in [2.45, 2.75) is 39.8 Å². The first-order chi connectivity index (χ1) is 17.8. The maximum absolute atomic E-state index is 13.5. The van der Waals surface area contributed by atoms with E-state index in [4.69, 9.17) is 9.47 Å². The van der Waals surface area contributed by atoms with Crippen LogP contribution >= 0.6 is 0 Å². The van der Waals surface area contributed by atoms with Crippen LogP contribution in [0.15, 0.2) is 30.6 Å². The number of amides is 1. The standard InChI is InChI=1S/C26H32N8O3/c1-15-10-22(32-34-14-18(4)29-24(15)34)30-25(35)19-6-7-21(33-12-16(2)28-17(3)13-33)20-11-27-26(31-23(19)20)37-9-8-36-5/h6-7,10-11,14,16-17,28H,8-9,12-13H2,1-5H3,(H,30,32,35). The quantitative estimate of drug-likeness (QED) is 0.366. The number of methoxy groups -OCH3 is 1. The van der Waals surface area contributed by atoms with Crippen LogP contribution in [0.2, 0.25) is 0 Å². The molecule has 0 bridgehead atoms. The van der Waals surface area contributed by atoms with Crippen LogP contribution < -0.4 is 20.3 Å². The second kappa shape index (κ2) is 10.3. The molecule has 1 fully saturated rings. The molecule has 2 atom stereocenters. The molecule has 0 aliphatic carbocycles. The van der Waals surface area contributed by atoms with Gasteiger partial charge in [-0.25, -0.2) is 14.5 Å². The van der Waals surface area contributed by atoms with E-state index in [2.05, 4.69) is 49.4 Å². The Hall–Kier alpha value is -3.83. The van der Waals surface area contributed by atoms with Crippen molar-refractivity contribution < 1.29 is 14.3 Å². The van der Waals surface area contributed by atoms with Gasteiger partial charge in [-0.1, -0.05) is 0 Å². The highest BCUT2D eigenvalue weighted by molar-refractivity contribution is 6.13. The van der Waals surface area contributed by atoms with Gasteiger partial charge in [-0.05, 0) is 51.5 Å². The second-order valence-electron chi connectivity index (χ2n) is 9.58. The largest absolute Gasteiger partial charge is 0.461 e. The van der Waals surface area contributed by atoms with Crippen LogP contribution in [0.5, 0.6) is 6.01 Å². The fourth-order valence-electron chi connectivity index (χ4n) is 4.85. The highest BCUT2D eigenvalue weighted by atomic mass is 16.5. The van der Waals surface area contributed by atoms with E-state index in [-0.39, 0.29) is 11.9 Å². The first-order valence-corrected chi connectivity index (χ1v) is 12.4. The van der Waals surface area contributed by atoms with Gasteiger partial charge in [0.1, 0.15) is 6.61 Å². The number of hydrogen-bond donors (Lipinski definition) is 2. The van der Waals surface area contributed by atoms with Crippen LogP contribution in [0.3, 0.4) is 0 Å². The highest BCUT2D eigenvalue weighted by Gasteiger charge is 2.25. The fraction of sp³-hybridized carbons (Fsp3) is 0.423. The topological polar surface area (TPSA) is 119 Å². The number of carbonyl (C=O) groups excluding carboxylic acids is 1. The molecule has 1 aromatic carbocycles. The Bertz CT molecular complexity index is 1440. The number of aromatic nitrogens is 5. The Labute approximate surface area is 215 Å². The van der Waals surface area contributed by atoms with Crippen molar-refractivity contribution in [2.75, 3.05) is 43.6 Å². The number of anilines is 2. The third-order valence-corrected chi connectivity index (χ3v) is 6.34. The number of nitrogens with one attached hydrogen (secondary N) is 2. The van der Waals surface area contributed by atoms with Crippen molar-refractivity contribution in [3.63, 3.8) is 0 Å². The Morgan fingerprint density at radius 2 is 1.95 bits per heavy atom.